The van der Waals surface area contributed by atoms with Gasteiger partial charge < -0.3 is 20.2 Å². The first-order valence-electron chi connectivity index (χ1n) is 11.9. The number of benzene rings is 1. The number of nitrogens with zero attached hydrogens (tertiary/aromatic N) is 4. The van der Waals surface area contributed by atoms with Crippen LogP contribution in [-0.2, 0) is 13.0 Å². The number of aliphatic hydroxyl groups is 1. The maximum Gasteiger partial charge on any atom is 0.194 e. The number of guanidine groups is 1. The number of hydrogen-bond donors (Lipinski definition) is 2. The van der Waals surface area contributed by atoms with Gasteiger partial charge in [-0.3, -0.25) is 9.89 Å². The van der Waals surface area contributed by atoms with Gasteiger partial charge in [-0.1, -0.05) is 24.3 Å². The fourth-order valence-electron chi connectivity index (χ4n) is 5.19. The van der Waals surface area contributed by atoms with E-state index in [1.807, 2.05) is 0 Å². The van der Waals surface area contributed by atoms with E-state index in [0.717, 1.165) is 51.0 Å². The molecule has 2 atom stereocenters. The van der Waals surface area contributed by atoms with Gasteiger partial charge in [-0.25, -0.2) is 0 Å². The first-order valence-corrected chi connectivity index (χ1v) is 11.9. The molecule has 1 aromatic rings. The van der Waals surface area contributed by atoms with E-state index >= 15 is 0 Å². The average Bonchev–Trinajstić information content (AvgIpc) is 3.44. The van der Waals surface area contributed by atoms with Crippen LogP contribution in [0.25, 0.3) is 0 Å². The number of nitrogens with one attached hydrogen (secondary N) is 1. The van der Waals surface area contributed by atoms with Crippen LogP contribution in [0.5, 0.6) is 0 Å². The zero-order valence-electron chi connectivity index (χ0n) is 19.0. The summed E-state index contributed by atoms with van der Waals surface area (Å²) in [4.78, 5) is 12.2. The Morgan fingerprint density at radius 1 is 1.13 bits per heavy atom. The van der Waals surface area contributed by atoms with Gasteiger partial charge in [0.2, 0.25) is 0 Å². The molecule has 2 unspecified atom stereocenters. The van der Waals surface area contributed by atoms with Crippen LogP contribution in [0.15, 0.2) is 29.3 Å². The molecule has 6 nitrogen and oxygen atoms in total. The van der Waals surface area contributed by atoms with Crippen molar-refractivity contribution in [2.24, 2.45) is 10.9 Å². The predicted molar refractivity (Wildman–Crippen MR) is 138 cm³/mol. The summed E-state index contributed by atoms with van der Waals surface area (Å²) in [5.41, 5.74) is 2.85. The van der Waals surface area contributed by atoms with Crippen LogP contribution < -0.4 is 5.32 Å². The first-order chi connectivity index (χ1) is 14.7. The number of aliphatic hydroxyl groups excluding tert-OH is 1. The maximum atomic E-state index is 10.6. The number of halogens is 1. The van der Waals surface area contributed by atoms with E-state index in [0.29, 0.717) is 13.1 Å². The van der Waals surface area contributed by atoms with Crippen molar-refractivity contribution in [3.05, 3.63) is 35.4 Å². The second-order valence-electron chi connectivity index (χ2n) is 9.21. The van der Waals surface area contributed by atoms with Crippen LogP contribution in [0, 0.1) is 5.92 Å². The highest BCUT2D eigenvalue weighted by atomic mass is 127. The monoisotopic (exact) mass is 541 g/mol. The Morgan fingerprint density at radius 2 is 1.90 bits per heavy atom. The molecule has 174 valence electrons. The van der Waals surface area contributed by atoms with Crippen LogP contribution in [0.1, 0.15) is 37.3 Å². The van der Waals surface area contributed by atoms with Crippen LogP contribution >= 0.6 is 24.0 Å². The topological polar surface area (TPSA) is 54.3 Å². The molecule has 0 spiro atoms. The molecule has 3 aliphatic rings. The van der Waals surface area contributed by atoms with Crippen LogP contribution in [-0.4, -0.2) is 90.8 Å². The molecule has 0 aliphatic carbocycles. The quantitative estimate of drug-likeness (QED) is 0.316. The first kappa shape index (κ1) is 24.7. The van der Waals surface area contributed by atoms with Gasteiger partial charge in [-0.05, 0) is 62.7 Å². The third-order valence-corrected chi connectivity index (χ3v) is 6.77. The van der Waals surface area contributed by atoms with Gasteiger partial charge in [0.25, 0.3) is 0 Å². The Balaban J connectivity index is 0.00000272. The number of β-amino-alcohol motifs (C(OH)–C–C–N with tert-alkyl or cyclic N) is 1. The minimum Gasteiger partial charge on any atom is -0.390 e. The Bertz CT molecular complexity index is 709. The smallest absolute Gasteiger partial charge is 0.194 e. The molecule has 31 heavy (non-hydrogen) atoms. The summed E-state index contributed by atoms with van der Waals surface area (Å²) in [6.07, 6.45) is 4.62. The van der Waals surface area contributed by atoms with Crippen LogP contribution in [0.4, 0.5) is 0 Å². The van der Waals surface area contributed by atoms with E-state index in [2.05, 4.69) is 51.2 Å². The summed E-state index contributed by atoms with van der Waals surface area (Å²) in [6.45, 7) is 12.0. The number of fused-ring (bicyclic) bond motifs is 1. The van der Waals surface area contributed by atoms with Gasteiger partial charge in [-0.2, -0.15) is 0 Å². The number of rotatable bonds is 7. The maximum absolute atomic E-state index is 10.6. The molecule has 2 saturated heterocycles. The van der Waals surface area contributed by atoms with Gasteiger partial charge in [0.1, 0.15) is 0 Å². The molecule has 4 rings (SSSR count). The molecule has 2 N–H and O–H groups in total. The molecule has 0 radical (unpaired) electrons. The lowest BCUT2D eigenvalue weighted by Crippen LogP contribution is -2.42. The summed E-state index contributed by atoms with van der Waals surface area (Å²) in [6, 6.07) is 8.66. The van der Waals surface area contributed by atoms with E-state index in [-0.39, 0.29) is 24.0 Å². The second kappa shape index (κ2) is 12.4. The molecular formula is C24H40IN5O. The highest BCUT2D eigenvalue weighted by Gasteiger charge is 2.27. The molecule has 3 aliphatic heterocycles. The lowest BCUT2D eigenvalue weighted by atomic mass is 10.00. The molecule has 2 fully saturated rings. The Kier molecular flexibility index (Phi) is 9.87. The molecule has 7 heteroatoms. The minimum atomic E-state index is -0.424. The van der Waals surface area contributed by atoms with Crippen molar-refractivity contribution < 1.29 is 5.11 Å². The Hall–Kier alpha value is -0.900. The third-order valence-electron chi connectivity index (χ3n) is 6.77. The zero-order valence-corrected chi connectivity index (χ0v) is 21.3. The van der Waals surface area contributed by atoms with Crippen molar-refractivity contribution >= 4 is 29.9 Å². The number of hydrogen-bond acceptors (Lipinski definition) is 4. The Morgan fingerprint density at radius 3 is 2.68 bits per heavy atom. The van der Waals surface area contributed by atoms with E-state index in [4.69, 9.17) is 4.99 Å². The van der Waals surface area contributed by atoms with E-state index in [1.54, 1.807) is 0 Å². The number of aliphatic imine (C=N–C) groups is 1. The summed E-state index contributed by atoms with van der Waals surface area (Å²) in [5, 5.41) is 14.1. The van der Waals surface area contributed by atoms with E-state index in [9.17, 15) is 5.11 Å². The van der Waals surface area contributed by atoms with Crippen molar-refractivity contribution in [3.63, 3.8) is 0 Å². The van der Waals surface area contributed by atoms with Crippen molar-refractivity contribution in [1.82, 2.24) is 20.0 Å². The van der Waals surface area contributed by atoms with Gasteiger partial charge >= 0.3 is 0 Å². The van der Waals surface area contributed by atoms with Gasteiger partial charge in [0.15, 0.2) is 5.96 Å². The van der Waals surface area contributed by atoms with Crippen LogP contribution in [0.2, 0.25) is 0 Å². The SMILES string of the molecule is CCNC(=NCC(O)CN1CCc2ccccc2C1)N1CCC(CN2CCCC2)C1.I. The van der Waals surface area contributed by atoms with Gasteiger partial charge in [0, 0.05) is 45.8 Å². The molecule has 0 aromatic heterocycles. The minimum absolute atomic E-state index is 0. The lowest BCUT2D eigenvalue weighted by Gasteiger charge is -2.30. The van der Waals surface area contributed by atoms with E-state index in [1.165, 1.54) is 50.0 Å². The summed E-state index contributed by atoms with van der Waals surface area (Å²) in [5.74, 6) is 1.72. The standard InChI is InChI=1S/C24H39N5O.HI/c1-2-25-24(29-14-9-20(17-29)16-27-11-5-6-12-27)26-15-23(30)19-28-13-10-21-7-3-4-8-22(21)18-28;/h3-4,7-8,20,23,30H,2,5-6,9-19H2,1H3,(H,25,26);1H. The molecule has 3 heterocycles. The fourth-order valence-corrected chi connectivity index (χ4v) is 5.19. The molecular weight excluding hydrogens is 501 g/mol. The summed E-state index contributed by atoms with van der Waals surface area (Å²) in [7, 11) is 0. The second-order valence-corrected chi connectivity index (χ2v) is 9.21. The zero-order chi connectivity index (χ0) is 20.8. The largest absolute Gasteiger partial charge is 0.390 e. The molecule has 0 bridgehead atoms. The predicted octanol–water partition coefficient (Wildman–Crippen LogP) is 2.41. The van der Waals surface area contributed by atoms with Crippen molar-refractivity contribution in [2.45, 2.75) is 45.3 Å². The highest BCUT2D eigenvalue weighted by molar-refractivity contribution is 14.0. The normalized spacial score (nSPS) is 23.5. The molecule has 0 saturated carbocycles. The summed E-state index contributed by atoms with van der Waals surface area (Å²) >= 11 is 0. The van der Waals surface area contributed by atoms with E-state index < -0.39 is 6.10 Å². The van der Waals surface area contributed by atoms with Crippen molar-refractivity contribution in [3.8, 4) is 0 Å². The fraction of sp³-hybridized carbons (Fsp3) is 0.708. The average molecular weight is 542 g/mol. The number of likely N-dealkylation sites (tertiary alicyclic amines) is 2. The highest BCUT2D eigenvalue weighted by Crippen LogP contribution is 2.21. The Labute approximate surface area is 205 Å². The lowest BCUT2D eigenvalue weighted by molar-refractivity contribution is 0.111. The van der Waals surface area contributed by atoms with Crippen molar-refractivity contribution in [1.29, 1.82) is 0 Å². The van der Waals surface area contributed by atoms with Crippen molar-refractivity contribution in [2.75, 3.05) is 58.9 Å². The summed E-state index contributed by atoms with van der Waals surface area (Å²) < 4.78 is 0. The van der Waals surface area contributed by atoms with Gasteiger partial charge in [0.05, 0.1) is 12.6 Å². The molecule has 0 amide bonds. The van der Waals surface area contributed by atoms with Crippen LogP contribution in [0.3, 0.4) is 0 Å². The third kappa shape index (κ3) is 7.04. The molecule has 1 aromatic carbocycles. The van der Waals surface area contributed by atoms with Gasteiger partial charge in [-0.15, -0.1) is 24.0 Å².